The van der Waals surface area contributed by atoms with Crippen molar-refractivity contribution in [1.82, 2.24) is 9.78 Å². The number of nitrogen functional groups attached to an aromatic ring is 1. The number of anilines is 1. The van der Waals surface area contributed by atoms with E-state index in [4.69, 9.17) is 11.5 Å². The minimum absolute atomic E-state index is 0.194. The van der Waals surface area contributed by atoms with Gasteiger partial charge in [0.2, 0.25) is 0 Å². The second-order valence-electron chi connectivity index (χ2n) is 2.15. The van der Waals surface area contributed by atoms with E-state index in [1.165, 1.54) is 6.20 Å². The Morgan fingerprint density at radius 1 is 1.82 bits per heavy atom. The van der Waals surface area contributed by atoms with Crippen molar-refractivity contribution in [2.45, 2.75) is 13.5 Å². The van der Waals surface area contributed by atoms with E-state index in [0.717, 1.165) is 0 Å². The number of hydrogen-bond donors (Lipinski definition) is 2. The number of hydrogen-bond acceptors (Lipinski definition) is 3. The zero-order chi connectivity index (χ0) is 8.43. The van der Waals surface area contributed by atoms with Gasteiger partial charge in [0, 0.05) is 12.7 Å². The summed E-state index contributed by atoms with van der Waals surface area (Å²) in [7, 11) is 0. The number of nitrogens with zero attached hydrogens (tertiary/aromatic N) is 2. The van der Waals surface area contributed by atoms with E-state index in [1.807, 2.05) is 6.92 Å². The fourth-order valence-corrected chi connectivity index (χ4v) is 0.788. The van der Waals surface area contributed by atoms with Crippen molar-refractivity contribution in [2.75, 3.05) is 5.73 Å². The molecule has 1 rings (SSSR count). The van der Waals surface area contributed by atoms with Gasteiger partial charge in [-0.3, -0.25) is 9.48 Å². The molecule has 1 aromatic heterocycles. The van der Waals surface area contributed by atoms with Gasteiger partial charge in [0.25, 0.3) is 5.91 Å². The molecule has 0 aliphatic rings. The van der Waals surface area contributed by atoms with Crippen LogP contribution in [0.15, 0.2) is 6.20 Å². The largest absolute Gasteiger partial charge is 0.382 e. The number of carbonyl (C=O) groups excluding carboxylic acids is 1. The van der Waals surface area contributed by atoms with Crippen molar-refractivity contribution in [1.29, 1.82) is 0 Å². The maximum absolute atomic E-state index is 10.6. The molecule has 0 spiro atoms. The lowest BCUT2D eigenvalue weighted by molar-refractivity contribution is 0.100. The van der Waals surface area contributed by atoms with Crippen LogP contribution in [0.3, 0.4) is 0 Å². The Hall–Kier alpha value is -1.52. The third kappa shape index (κ3) is 1.31. The minimum atomic E-state index is -0.540. The number of carbonyl (C=O) groups is 1. The molecule has 11 heavy (non-hydrogen) atoms. The standard InChI is InChI=1S/C6H10N4O/c1-2-10-3-4(6(8)11)5(7)9-10/h3H,2H2,1H3,(H2,7,9)(H2,8,11). The molecule has 1 heterocycles. The average molecular weight is 154 g/mol. The molecule has 60 valence electrons. The Morgan fingerprint density at radius 2 is 2.45 bits per heavy atom. The molecular formula is C6H10N4O. The molecule has 0 fully saturated rings. The first-order valence-electron chi connectivity index (χ1n) is 3.28. The third-order valence-corrected chi connectivity index (χ3v) is 1.38. The molecule has 0 bridgehead atoms. The molecule has 0 aromatic carbocycles. The van der Waals surface area contributed by atoms with Crippen molar-refractivity contribution in [2.24, 2.45) is 5.73 Å². The lowest BCUT2D eigenvalue weighted by atomic mass is 10.3. The molecule has 0 saturated carbocycles. The van der Waals surface area contributed by atoms with Gasteiger partial charge in [0.05, 0.1) is 0 Å². The van der Waals surface area contributed by atoms with E-state index in [0.29, 0.717) is 6.54 Å². The smallest absolute Gasteiger partial charge is 0.254 e. The Morgan fingerprint density at radius 3 is 2.73 bits per heavy atom. The van der Waals surface area contributed by atoms with Crippen molar-refractivity contribution in [3.05, 3.63) is 11.8 Å². The van der Waals surface area contributed by atoms with Gasteiger partial charge in [0.1, 0.15) is 5.56 Å². The van der Waals surface area contributed by atoms with Gasteiger partial charge in [-0.05, 0) is 6.92 Å². The maximum atomic E-state index is 10.6. The van der Waals surface area contributed by atoms with Crippen molar-refractivity contribution in [3.8, 4) is 0 Å². The molecule has 5 heteroatoms. The highest BCUT2D eigenvalue weighted by molar-refractivity contribution is 5.96. The Balaban J connectivity index is 3.07. The molecule has 4 N–H and O–H groups in total. The lowest BCUT2D eigenvalue weighted by Gasteiger charge is -1.88. The van der Waals surface area contributed by atoms with Crippen LogP contribution in [0.2, 0.25) is 0 Å². The fourth-order valence-electron chi connectivity index (χ4n) is 0.788. The molecule has 0 radical (unpaired) electrons. The first kappa shape index (κ1) is 7.59. The Bertz CT molecular complexity index is 278. The fraction of sp³-hybridized carbons (Fsp3) is 0.333. The number of aryl methyl sites for hydroxylation is 1. The number of rotatable bonds is 2. The van der Waals surface area contributed by atoms with E-state index in [1.54, 1.807) is 4.68 Å². The van der Waals surface area contributed by atoms with E-state index < -0.39 is 5.91 Å². The van der Waals surface area contributed by atoms with Gasteiger partial charge in [-0.2, -0.15) is 5.10 Å². The summed E-state index contributed by atoms with van der Waals surface area (Å²) in [6.07, 6.45) is 1.54. The van der Waals surface area contributed by atoms with Crippen LogP contribution < -0.4 is 11.5 Å². The summed E-state index contributed by atoms with van der Waals surface area (Å²) < 4.78 is 1.56. The number of aromatic nitrogens is 2. The van der Waals surface area contributed by atoms with E-state index in [-0.39, 0.29) is 11.4 Å². The summed E-state index contributed by atoms with van der Waals surface area (Å²) in [4.78, 5) is 10.6. The lowest BCUT2D eigenvalue weighted by Crippen LogP contribution is -2.11. The summed E-state index contributed by atoms with van der Waals surface area (Å²) in [6, 6.07) is 0. The maximum Gasteiger partial charge on any atom is 0.254 e. The molecule has 0 atom stereocenters. The number of primary amides is 1. The number of nitrogens with two attached hydrogens (primary N) is 2. The van der Waals surface area contributed by atoms with Crippen LogP contribution in [0.4, 0.5) is 5.82 Å². The van der Waals surface area contributed by atoms with Gasteiger partial charge in [-0.1, -0.05) is 0 Å². The van der Waals surface area contributed by atoms with E-state index in [2.05, 4.69) is 5.10 Å². The van der Waals surface area contributed by atoms with Crippen LogP contribution in [0.1, 0.15) is 17.3 Å². The van der Waals surface area contributed by atoms with Crippen LogP contribution in [0, 0.1) is 0 Å². The minimum Gasteiger partial charge on any atom is -0.382 e. The first-order chi connectivity index (χ1) is 5.15. The SMILES string of the molecule is CCn1cc(C(N)=O)c(N)n1. The first-order valence-corrected chi connectivity index (χ1v) is 3.28. The topological polar surface area (TPSA) is 86.9 Å². The normalized spacial score (nSPS) is 9.91. The summed E-state index contributed by atoms with van der Waals surface area (Å²) in [5.74, 6) is -0.346. The van der Waals surface area contributed by atoms with Crippen LogP contribution in [-0.4, -0.2) is 15.7 Å². The summed E-state index contributed by atoms with van der Waals surface area (Å²) >= 11 is 0. The molecular weight excluding hydrogens is 144 g/mol. The third-order valence-electron chi connectivity index (χ3n) is 1.38. The van der Waals surface area contributed by atoms with Crippen LogP contribution in [0.25, 0.3) is 0 Å². The van der Waals surface area contributed by atoms with Crippen LogP contribution in [-0.2, 0) is 6.54 Å². The molecule has 1 amide bonds. The van der Waals surface area contributed by atoms with E-state index >= 15 is 0 Å². The van der Waals surface area contributed by atoms with Crippen LogP contribution >= 0.6 is 0 Å². The van der Waals surface area contributed by atoms with Gasteiger partial charge >= 0.3 is 0 Å². The predicted molar refractivity (Wildman–Crippen MR) is 40.8 cm³/mol. The zero-order valence-electron chi connectivity index (χ0n) is 6.24. The second-order valence-corrected chi connectivity index (χ2v) is 2.15. The molecule has 5 nitrogen and oxygen atoms in total. The van der Waals surface area contributed by atoms with Crippen molar-refractivity contribution >= 4 is 11.7 Å². The van der Waals surface area contributed by atoms with Gasteiger partial charge in [0.15, 0.2) is 5.82 Å². The molecule has 0 aliphatic carbocycles. The van der Waals surface area contributed by atoms with Gasteiger partial charge in [-0.15, -0.1) is 0 Å². The Kier molecular flexibility index (Phi) is 1.80. The molecule has 1 aromatic rings. The molecule has 0 aliphatic heterocycles. The average Bonchev–Trinajstić information content (AvgIpc) is 2.30. The van der Waals surface area contributed by atoms with Crippen molar-refractivity contribution < 1.29 is 4.79 Å². The second kappa shape index (κ2) is 2.61. The van der Waals surface area contributed by atoms with Crippen molar-refractivity contribution in [3.63, 3.8) is 0 Å². The predicted octanol–water partition coefficient (Wildman–Crippen LogP) is -0.416. The quantitative estimate of drug-likeness (QED) is 0.606. The van der Waals surface area contributed by atoms with Gasteiger partial charge in [-0.25, -0.2) is 0 Å². The monoisotopic (exact) mass is 154 g/mol. The highest BCUT2D eigenvalue weighted by Crippen LogP contribution is 2.06. The summed E-state index contributed by atoms with van der Waals surface area (Å²) in [5, 5.41) is 3.84. The highest BCUT2D eigenvalue weighted by atomic mass is 16.1. The van der Waals surface area contributed by atoms with Gasteiger partial charge < -0.3 is 11.5 Å². The highest BCUT2D eigenvalue weighted by Gasteiger charge is 2.09. The van der Waals surface area contributed by atoms with Crippen LogP contribution in [0.5, 0.6) is 0 Å². The zero-order valence-corrected chi connectivity index (χ0v) is 6.24. The Labute approximate surface area is 64.0 Å². The number of amides is 1. The van der Waals surface area contributed by atoms with E-state index in [9.17, 15) is 4.79 Å². The molecule has 0 unspecified atom stereocenters. The molecule has 0 saturated heterocycles. The summed E-state index contributed by atoms with van der Waals surface area (Å²) in [6.45, 7) is 2.58. The summed E-state index contributed by atoms with van der Waals surface area (Å²) in [5.41, 5.74) is 10.7.